The van der Waals surface area contributed by atoms with E-state index in [-0.39, 0.29) is 24.8 Å². The van der Waals surface area contributed by atoms with Gasteiger partial charge in [0.15, 0.2) is 17.8 Å². The number of carbonyl (C=O) groups excluding carboxylic acids is 1. The number of aromatic nitrogens is 1. The number of guanidine groups is 1. The van der Waals surface area contributed by atoms with Crippen LogP contribution in [0.3, 0.4) is 0 Å². The van der Waals surface area contributed by atoms with E-state index in [2.05, 4.69) is 25.6 Å². The molecule has 2 heterocycles. The van der Waals surface area contributed by atoms with Crippen molar-refractivity contribution in [2.45, 2.75) is 19.6 Å². The van der Waals surface area contributed by atoms with Gasteiger partial charge in [0.05, 0.1) is 6.61 Å². The fraction of sp³-hybridized carbons (Fsp3) is 0.227. The maximum Gasteiger partial charge on any atom is 0.251 e. The molecule has 31 heavy (non-hydrogen) atoms. The number of hydrogen-bond acceptors (Lipinski definition) is 6. The van der Waals surface area contributed by atoms with Gasteiger partial charge in [-0.25, -0.2) is 14.4 Å². The first-order valence-electron chi connectivity index (χ1n) is 9.84. The number of nitrogens with one attached hydrogen (secondary N) is 3. The molecule has 0 fully saturated rings. The van der Waals surface area contributed by atoms with Gasteiger partial charge in [-0.3, -0.25) is 4.79 Å². The summed E-state index contributed by atoms with van der Waals surface area (Å²) in [7, 11) is 0. The lowest BCUT2D eigenvalue weighted by Crippen LogP contribution is -2.26. The Kier molecular flexibility index (Phi) is 5.94. The lowest BCUT2D eigenvalue weighted by molar-refractivity contribution is 0.0945. The van der Waals surface area contributed by atoms with Crippen LogP contribution < -0.4 is 15.4 Å². The quantitative estimate of drug-likeness (QED) is 0.488. The minimum Gasteiger partial charge on any atom is -0.465 e. The first-order valence-corrected chi connectivity index (χ1v) is 9.84. The summed E-state index contributed by atoms with van der Waals surface area (Å²) in [6, 6.07) is 11.9. The Morgan fingerprint density at radius 2 is 2.19 bits per heavy atom. The molecule has 1 atom stereocenters. The van der Waals surface area contributed by atoms with Crippen molar-refractivity contribution < 1.29 is 19.0 Å². The number of amides is 1. The fourth-order valence-corrected chi connectivity index (χ4v) is 3.26. The number of hydrogen-bond donors (Lipinski definition) is 4. The van der Waals surface area contributed by atoms with E-state index < -0.39 is 12.0 Å². The first-order chi connectivity index (χ1) is 15.0. The van der Waals surface area contributed by atoms with Gasteiger partial charge in [-0.2, -0.15) is 0 Å². The smallest absolute Gasteiger partial charge is 0.251 e. The van der Waals surface area contributed by atoms with Crippen LogP contribution in [0.2, 0.25) is 0 Å². The van der Waals surface area contributed by atoms with Crippen LogP contribution in [0.5, 0.6) is 5.75 Å². The van der Waals surface area contributed by atoms with Gasteiger partial charge in [-0.05, 0) is 43.3 Å². The molecule has 0 radical (unpaired) electrons. The number of aryl methyl sites for hydroxylation is 1. The van der Waals surface area contributed by atoms with Crippen LogP contribution in [0.1, 0.15) is 22.5 Å². The highest BCUT2D eigenvalue weighted by molar-refractivity contribution is 6.01. The highest BCUT2D eigenvalue weighted by Crippen LogP contribution is 2.28. The van der Waals surface area contributed by atoms with Crippen molar-refractivity contribution in [2.24, 2.45) is 9.98 Å². The summed E-state index contributed by atoms with van der Waals surface area (Å²) in [6.07, 6.45) is 1.41. The summed E-state index contributed by atoms with van der Waals surface area (Å²) >= 11 is 0. The molecule has 160 valence electrons. The molecule has 3 aromatic rings. The maximum atomic E-state index is 14.8. The number of H-pyrrole nitrogens is 1. The highest BCUT2D eigenvalue weighted by Gasteiger charge is 2.18. The monoisotopic (exact) mass is 423 g/mol. The first kappa shape index (κ1) is 20.5. The number of aromatic amines is 1. The second-order valence-corrected chi connectivity index (χ2v) is 7.05. The summed E-state index contributed by atoms with van der Waals surface area (Å²) in [5.41, 5.74) is 2.63. The van der Waals surface area contributed by atoms with Gasteiger partial charge in [0.1, 0.15) is 0 Å². The average Bonchev–Trinajstić information content (AvgIpc) is 3.16. The van der Waals surface area contributed by atoms with Crippen molar-refractivity contribution in [1.82, 2.24) is 10.3 Å². The molecule has 0 aliphatic carbocycles. The minimum absolute atomic E-state index is 0.123. The maximum absolute atomic E-state index is 14.8. The molecule has 8 nitrogen and oxygen atoms in total. The Hall–Kier alpha value is -3.72. The molecule has 4 rings (SSSR count). The van der Waals surface area contributed by atoms with Gasteiger partial charge in [0.25, 0.3) is 5.91 Å². The number of anilines is 1. The standard InChI is InChI=1S/C22H22FN5O3/c1-13-11-16-17(26-13)5-6-18(20(16)23)31-19-7-8-25-22(28-19)27-15-4-2-3-14(12-15)21(30)24-9-10-29/h2-6,8,11-12,19,26,29H,7,9-10H2,1H3,(H,24,30)(H,27,28). The molecule has 2 aromatic carbocycles. The molecule has 1 unspecified atom stereocenters. The van der Waals surface area contributed by atoms with E-state index in [1.807, 2.05) is 6.92 Å². The van der Waals surface area contributed by atoms with E-state index in [4.69, 9.17) is 9.84 Å². The molecule has 0 saturated carbocycles. The van der Waals surface area contributed by atoms with Crippen LogP contribution in [0.4, 0.5) is 10.1 Å². The van der Waals surface area contributed by atoms with Crippen LogP contribution in [0.15, 0.2) is 52.4 Å². The lowest BCUT2D eigenvalue weighted by atomic mass is 10.2. The number of halogens is 1. The molecule has 0 saturated heterocycles. The SMILES string of the molecule is Cc1cc2c(F)c(OC3CC=NC(Nc4cccc(C(=O)NCCO)c4)=N3)ccc2[nH]1. The Morgan fingerprint density at radius 1 is 1.32 bits per heavy atom. The van der Waals surface area contributed by atoms with Crippen LogP contribution in [-0.4, -0.2) is 47.6 Å². The van der Waals surface area contributed by atoms with E-state index in [0.717, 1.165) is 5.69 Å². The van der Waals surface area contributed by atoms with Crippen LogP contribution in [0, 0.1) is 12.7 Å². The highest BCUT2D eigenvalue weighted by atomic mass is 19.1. The summed E-state index contributed by atoms with van der Waals surface area (Å²) in [5.74, 6) is -0.310. The van der Waals surface area contributed by atoms with E-state index in [1.165, 1.54) is 0 Å². The molecule has 9 heteroatoms. The zero-order valence-corrected chi connectivity index (χ0v) is 16.9. The third-order valence-electron chi connectivity index (χ3n) is 4.67. The molecular weight excluding hydrogens is 401 g/mol. The number of aliphatic imine (C=N–C) groups is 2. The second-order valence-electron chi connectivity index (χ2n) is 7.05. The number of ether oxygens (including phenoxy) is 1. The molecular formula is C22H22FN5O3. The van der Waals surface area contributed by atoms with Gasteiger partial charge in [0, 0.05) is 47.0 Å². The van der Waals surface area contributed by atoms with Crippen molar-refractivity contribution in [2.75, 3.05) is 18.5 Å². The summed E-state index contributed by atoms with van der Waals surface area (Å²) in [5, 5.41) is 14.9. The van der Waals surface area contributed by atoms with Crippen molar-refractivity contribution in [1.29, 1.82) is 0 Å². The number of nitrogens with zero attached hydrogens (tertiary/aromatic N) is 2. The van der Waals surface area contributed by atoms with Crippen LogP contribution >= 0.6 is 0 Å². The number of fused-ring (bicyclic) bond motifs is 1. The predicted octanol–water partition coefficient (Wildman–Crippen LogP) is 2.99. The molecule has 1 aliphatic rings. The molecule has 0 spiro atoms. The topological polar surface area (TPSA) is 111 Å². The molecule has 4 N–H and O–H groups in total. The van der Waals surface area contributed by atoms with Gasteiger partial charge >= 0.3 is 0 Å². The van der Waals surface area contributed by atoms with Gasteiger partial charge < -0.3 is 25.5 Å². The van der Waals surface area contributed by atoms with E-state index in [1.54, 1.807) is 48.7 Å². The average molecular weight is 423 g/mol. The van der Waals surface area contributed by atoms with E-state index in [9.17, 15) is 9.18 Å². The van der Waals surface area contributed by atoms with Gasteiger partial charge in [-0.15, -0.1) is 0 Å². The van der Waals surface area contributed by atoms with Crippen LogP contribution in [0.25, 0.3) is 10.9 Å². The number of aliphatic hydroxyl groups excluding tert-OH is 1. The predicted molar refractivity (Wildman–Crippen MR) is 117 cm³/mol. The summed E-state index contributed by atoms with van der Waals surface area (Å²) < 4.78 is 20.6. The number of rotatable bonds is 6. The van der Waals surface area contributed by atoms with Crippen molar-refractivity contribution in [3.8, 4) is 5.75 Å². The fourth-order valence-electron chi connectivity index (χ4n) is 3.26. The third kappa shape index (κ3) is 4.72. The van der Waals surface area contributed by atoms with Gasteiger partial charge in [0.2, 0.25) is 5.96 Å². The summed E-state index contributed by atoms with van der Waals surface area (Å²) in [6.45, 7) is 1.91. The van der Waals surface area contributed by atoms with Crippen LogP contribution in [-0.2, 0) is 0 Å². The van der Waals surface area contributed by atoms with Crippen molar-refractivity contribution >= 4 is 34.7 Å². The third-order valence-corrected chi connectivity index (χ3v) is 4.67. The zero-order valence-electron chi connectivity index (χ0n) is 16.9. The molecule has 1 amide bonds. The summed E-state index contributed by atoms with van der Waals surface area (Å²) in [4.78, 5) is 23.8. The Bertz CT molecular complexity index is 1170. The minimum atomic E-state index is -0.636. The Labute approximate surface area is 177 Å². The molecule has 1 aliphatic heterocycles. The second kappa shape index (κ2) is 8.97. The lowest BCUT2D eigenvalue weighted by Gasteiger charge is -2.18. The Morgan fingerprint density at radius 3 is 3.03 bits per heavy atom. The number of benzene rings is 2. The number of carbonyl (C=O) groups is 1. The molecule has 1 aromatic heterocycles. The van der Waals surface area contributed by atoms with E-state index in [0.29, 0.717) is 34.5 Å². The largest absolute Gasteiger partial charge is 0.465 e. The van der Waals surface area contributed by atoms with E-state index >= 15 is 0 Å². The number of aliphatic hydroxyl groups is 1. The molecule has 0 bridgehead atoms. The van der Waals surface area contributed by atoms with Crippen molar-refractivity contribution in [3.63, 3.8) is 0 Å². The zero-order chi connectivity index (χ0) is 21.8. The normalized spacial score (nSPS) is 15.6. The van der Waals surface area contributed by atoms with Gasteiger partial charge in [-0.1, -0.05) is 6.07 Å². The van der Waals surface area contributed by atoms with Crippen molar-refractivity contribution in [3.05, 3.63) is 59.5 Å². The Balaban J connectivity index is 1.47.